The molecule has 9 atom stereocenters. The van der Waals surface area contributed by atoms with Gasteiger partial charge in [-0.15, -0.1) is 0 Å². The fourth-order valence-corrected chi connectivity index (χ4v) is 8.22. The summed E-state index contributed by atoms with van der Waals surface area (Å²) >= 11 is 0. The van der Waals surface area contributed by atoms with Gasteiger partial charge >= 0.3 is 5.97 Å². The SMILES string of the molecule is COC(=O)CC[C@H](C)C1CCC2C3C=C[C@@H]4C[C@H](O)CC[C@]4(C)C3CC[C@@]21C. The Morgan fingerprint density at radius 3 is 2.57 bits per heavy atom. The molecular formula is C25H40O3. The molecule has 0 radical (unpaired) electrons. The van der Waals surface area contributed by atoms with E-state index in [4.69, 9.17) is 4.74 Å². The van der Waals surface area contributed by atoms with Crippen LogP contribution in [0.1, 0.15) is 78.6 Å². The Kier molecular flexibility index (Phi) is 5.44. The summed E-state index contributed by atoms with van der Waals surface area (Å²) in [4.78, 5) is 11.6. The van der Waals surface area contributed by atoms with E-state index in [0.29, 0.717) is 35.0 Å². The number of esters is 1. The quantitative estimate of drug-likeness (QED) is 0.520. The van der Waals surface area contributed by atoms with Gasteiger partial charge in [-0.1, -0.05) is 32.9 Å². The third-order valence-corrected chi connectivity index (χ3v) is 9.93. The smallest absolute Gasteiger partial charge is 0.305 e. The van der Waals surface area contributed by atoms with Crippen LogP contribution in [0.3, 0.4) is 0 Å². The molecule has 3 fully saturated rings. The van der Waals surface area contributed by atoms with Crippen LogP contribution >= 0.6 is 0 Å². The molecule has 0 spiro atoms. The minimum Gasteiger partial charge on any atom is -0.469 e. The predicted molar refractivity (Wildman–Crippen MR) is 112 cm³/mol. The average molecular weight is 389 g/mol. The van der Waals surface area contributed by atoms with Crippen molar-refractivity contribution in [3.63, 3.8) is 0 Å². The zero-order valence-corrected chi connectivity index (χ0v) is 18.3. The first-order chi connectivity index (χ1) is 13.3. The summed E-state index contributed by atoms with van der Waals surface area (Å²) in [5.74, 6) is 4.12. The van der Waals surface area contributed by atoms with Crippen molar-refractivity contribution in [3.05, 3.63) is 12.2 Å². The predicted octanol–water partition coefficient (Wildman–Crippen LogP) is 5.37. The minimum atomic E-state index is -0.0975. The number of allylic oxidation sites excluding steroid dienone is 2. The summed E-state index contributed by atoms with van der Waals surface area (Å²) in [7, 11) is 1.49. The average Bonchev–Trinajstić information content (AvgIpc) is 3.03. The third kappa shape index (κ3) is 3.16. The second kappa shape index (κ2) is 7.45. The number of fused-ring (bicyclic) bond motifs is 5. The van der Waals surface area contributed by atoms with Crippen molar-refractivity contribution >= 4 is 5.97 Å². The van der Waals surface area contributed by atoms with E-state index in [1.165, 1.54) is 39.2 Å². The summed E-state index contributed by atoms with van der Waals surface area (Å²) in [6.07, 6.45) is 15.0. The summed E-state index contributed by atoms with van der Waals surface area (Å²) in [5, 5.41) is 10.2. The molecule has 3 saturated carbocycles. The van der Waals surface area contributed by atoms with Crippen LogP contribution in [-0.4, -0.2) is 24.3 Å². The van der Waals surface area contributed by atoms with E-state index >= 15 is 0 Å². The van der Waals surface area contributed by atoms with Gasteiger partial charge in [-0.25, -0.2) is 0 Å². The molecule has 0 aliphatic heterocycles. The molecule has 4 aliphatic rings. The Bertz CT molecular complexity index is 627. The van der Waals surface area contributed by atoms with Crippen molar-refractivity contribution in [2.45, 2.75) is 84.7 Å². The molecule has 0 heterocycles. The van der Waals surface area contributed by atoms with Crippen LogP contribution < -0.4 is 0 Å². The maximum absolute atomic E-state index is 11.6. The summed E-state index contributed by atoms with van der Waals surface area (Å²) in [6.45, 7) is 7.45. The number of rotatable bonds is 4. The van der Waals surface area contributed by atoms with Crippen LogP contribution in [0.2, 0.25) is 0 Å². The zero-order valence-electron chi connectivity index (χ0n) is 18.3. The van der Waals surface area contributed by atoms with Crippen molar-refractivity contribution in [1.82, 2.24) is 0 Å². The Labute approximate surface area is 171 Å². The standard InChI is InChI=1S/C25H40O3/c1-16(5-10-23(27)28-4)20-8-9-21-19-7-6-17-15-18(26)11-13-24(17,2)22(19)12-14-25(20,21)3/h6-7,16-22,26H,5,8-15H2,1-4H3/t16-,17+,18+,19?,20?,21?,22?,24-,25+/m0/s1. The highest BCUT2D eigenvalue weighted by Crippen LogP contribution is 2.67. The first kappa shape index (κ1) is 20.4. The minimum absolute atomic E-state index is 0.0658. The van der Waals surface area contributed by atoms with E-state index in [2.05, 4.69) is 32.9 Å². The second-order valence-electron chi connectivity index (χ2n) is 11.0. The van der Waals surface area contributed by atoms with Gasteiger partial charge in [-0.3, -0.25) is 4.79 Å². The van der Waals surface area contributed by atoms with Crippen molar-refractivity contribution in [3.8, 4) is 0 Å². The molecular weight excluding hydrogens is 348 g/mol. The van der Waals surface area contributed by atoms with Crippen LogP contribution in [0.15, 0.2) is 12.2 Å². The Morgan fingerprint density at radius 2 is 1.82 bits per heavy atom. The van der Waals surface area contributed by atoms with E-state index in [0.717, 1.165) is 37.0 Å². The van der Waals surface area contributed by atoms with Crippen molar-refractivity contribution < 1.29 is 14.6 Å². The Balaban J connectivity index is 1.52. The van der Waals surface area contributed by atoms with Crippen molar-refractivity contribution in [2.24, 2.45) is 46.3 Å². The lowest BCUT2D eigenvalue weighted by Crippen LogP contribution is -2.52. The van der Waals surface area contributed by atoms with E-state index in [1.807, 2.05) is 0 Å². The van der Waals surface area contributed by atoms with Gasteiger partial charge in [-0.05, 0) is 97.7 Å². The van der Waals surface area contributed by atoms with E-state index in [9.17, 15) is 9.90 Å². The number of methoxy groups -OCH3 is 1. The molecule has 3 heteroatoms. The van der Waals surface area contributed by atoms with Crippen LogP contribution in [0.5, 0.6) is 0 Å². The topological polar surface area (TPSA) is 46.5 Å². The molecule has 0 aromatic carbocycles. The number of ether oxygens (including phenoxy) is 1. The van der Waals surface area contributed by atoms with Gasteiger partial charge in [0.15, 0.2) is 0 Å². The number of carbonyl (C=O) groups is 1. The molecule has 0 saturated heterocycles. The number of hydrogen-bond acceptors (Lipinski definition) is 3. The van der Waals surface area contributed by atoms with Crippen LogP contribution in [0, 0.1) is 46.3 Å². The van der Waals surface area contributed by atoms with E-state index < -0.39 is 0 Å². The van der Waals surface area contributed by atoms with Crippen molar-refractivity contribution in [1.29, 1.82) is 0 Å². The molecule has 4 aliphatic carbocycles. The van der Waals surface area contributed by atoms with E-state index in [1.54, 1.807) is 0 Å². The summed E-state index contributed by atoms with van der Waals surface area (Å²) < 4.78 is 4.87. The molecule has 158 valence electrons. The molecule has 0 aromatic heterocycles. The lowest BCUT2D eigenvalue weighted by molar-refractivity contribution is -0.141. The maximum atomic E-state index is 11.6. The van der Waals surface area contributed by atoms with Gasteiger partial charge in [-0.2, -0.15) is 0 Å². The fraction of sp³-hybridized carbons (Fsp3) is 0.880. The number of carbonyl (C=O) groups excluding carboxylic acids is 1. The highest BCUT2D eigenvalue weighted by Gasteiger charge is 2.59. The first-order valence-electron chi connectivity index (χ1n) is 11.7. The first-order valence-corrected chi connectivity index (χ1v) is 11.7. The molecule has 28 heavy (non-hydrogen) atoms. The molecule has 0 aromatic rings. The lowest BCUT2D eigenvalue weighted by Gasteiger charge is -2.59. The molecule has 4 unspecified atom stereocenters. The summed E-state index contributed by atoms with van der Waals surface area (Å²) in [6, 6.07) is 0. The third-order valence-electron chi connectivity index (χ3n) is 9.93. The normalized spacial score (nSPS) is 48.3. The van der Waals surface area contributed by atoms with Crippen LogP contribution in [0.4, 0.5) is 0 Å². The van der Waals surface area contributed by atoms with Gasteiger partial charge in [0.1, 0.15) is 0 Å². The number of hydrogen-bond donors (Lipinski definition) is 1. The highest BCUT2D eigenvalue weighted by molar-refractivity contribution is 5.69. The Morgan fingerprint density at radius 1 is 1.11 bits per heavy atom. The van der Waals surface area contributed by atoms with Crippen LogP contribution in [0.25, 0.3) is 0 Å². The van der Waals surface area contributed by atoms with Gasteiger partial charge in [0.2, 0.25) is 0 Å². The highest BCUT2D eigenvalue weighted by atomic mass is 16.5. The van der Waals surface area contributed by atoms with Gasteiger partial charge in [0.05, 0.1) is 13.2 Å². The molecule has 4 rings (SSSR count). The Hall–Kier alpha value is -0.830. The number of aliphatic hydroxyl groups is 1. The van der Waals surface area contributed by atoms with Gasteiger partial charge < -0.3 is 9.84 Å². The molecule has 0 bridgehead atoms. The molecule has 3 nitrogen and oxygen atoms in total. The van der Waals surface area contributed by atoms with Gasteiger partial charge in [0.25, 0.3) is 0 Å². The molecule has 1 N–H and O–H groups in total. The zero-order chi connectivity index (χ0) is 20.1. The second-order valence-corrected chi connectivity index (χ2v) is 11.0. The largest absolute Gasteiger partial charge is 0.469 e. The monoisotopic (exact) mass is 388 g/mol. The maximum Gasteiger partial charge on any atom is 0.305 e. The van der Waals surface area contributed by atoms with E-state index in [-0.39, 0.29) is 12.1 Å². The van der Waals surface area contributed by atoms with Crippen LogP contribution in [-0.2, 0) is 9.53 Å². The lowest BCUT2D eigenvalue weighted by atomic mass is 9.46. The molecule has 0 amide bonds. The number of aliphatic hydroxyl groups excluding tert-OH is 1. The van der Waals surface area contributed by atoms with Crippen molar-refractivity contribution in [2.75, 3.05) is 7.11 Å². The summed E-state index contributed by atoms with van der Waals surface area (Å²) in [5.41, 5.74) is 0.799. The fourth-order valence-electron chi connectivity index (χ4n) is 8.22. The van der Waals surface area contributed by atoms with Gasteiger partial charge in [0, 0.05) is 6.42 Å².